The van der Waals surface area contributed by atoms with E-state index < -0.39 is 5.79 Å². The van der Waals surface area contributed by atoms with Crippen LogP contribution in [-0.4, -0.2) is 95.1 Å². The number of hydrogen-bond acceptors (Lipinski definition) is 7. The van der Waals surface area contributed by atoms with Gasteiger partial charge in [0.15, 0.2) is 11.7 Å². The number of nitrogens with zero attached hydrogens (tertiary/aromatic N) is 2. The topological polar surface area (TPSA) is 89.7 Å². The van der Waals surface area contributed by atoms with E-state index in [-0.39, 0.29) is 6.10 Å². The van der Waals surface area contributed by atoms with Crippen LogP contribution in [0.3, 0.4) is 0 Å². The molecule has 0 aromatic carbocycles. The zero-order valence-corrected chi connectivity index (χ0v) is 17.6. The second kappa shape index (κ2) is 11.1. The van der Waals surface area contributed by atoms with Gasteiger partial charge in [0, 0.05) is 52.0 Å². The lowest BCUT2D eigenvalue weighted by atomic mass is 10.1. The van der Waals surface area contributed by atoms with Gasteiger partial charge in [-0.25, -0.2) is 0 Å². The molecule has 168 valence electrons. The molecule has 3 aliphatic rings. The van der Waals surface area contributed by atoms with E-state index in [1.54, 1.807) is 6.26 Å². The Morgan fingerprint density at radius 2 is 1.90 bits per heavy atom. The quantitative estimate of drug-likeness (QED) is 0.465. The summed E-state index contributed by atoms with van der Waals surface area (Å²) in [5.74, 6) is 1.30. The zero-order valence-electron chi connectivity index (χ0n) is 17.6. The third-order valence-corrected chi connectivity index (χ3v) is 5.69. The molecule has 2 N–H and O–H groups in total. The van der Waals surface area contributed by atoms with Crippen molar-refractivity contribution >= 4 is 5.96 Å². The summed E-state index contributed by atoms with van der Waals surface area (Å²) in [6.07, 6.45) is 4.07. The third-order valence-electron chi connectivity index (χ3n) is 5.69. The number of rotatable bonds is 8. The molecule has 9 heteroatoms. The molecule has 0 aliphatic carbocycles. The summed E-state index contributed by atoms with van der Waals surface area (Å²) in [7, 11) is 0. The van der Waals surface area contributed by atoms with E-state index in [0.717, 1.165) is 76.9 Å². The normalized spacial score (nSPS) is 24.9. The lowest BCUT2D eigenvalue weighted by molar-refractivity contribution is -0.210. The first-order valence-electron chi connectivity index (χ1n) is 11.1. The molecule has 1 aromatic heterocycles. The van der Waals surface area contributed by atoms with E-state index in [1.807, 2.05) is 12.1 Å². The van der Waals surface area contributed by atoms with Crippen molar-refractivity contribution in [3.8, 4) is 0 Å². The molecular weight excluding hydrogens is 388 g/mol. The van der Waals surface area contributed by atoms with Crippen molar-refractivity contribution in [3.05, 3.63) is 24.2 Å². The number of hydrogen-bond donors (Lipinski definition) is 2. The van der Waals surface area contributed by atoms with Crippen LogP contribution in [0.5, 0.6) is 0 Å². The SMILES string of the molecule is c1coc(CCNC(=NCC2COC3(CCOCC3)O2)NCCN2CCOCC2)c1. The van der Waals surface area contributed by atoms with Crippen LogP contribution in [0.4, 0.5) is 0 Å². The lowest BCUT2D eigenvalue weighted by Gasteiger charge is -2.31. The summed E-state index contributed by atoms with van der Waals surface area (Å²) in [5.41, 5.74) is 0. The summed E-state index contributed by atoms with van der Waals surface area (Å²) in [5, 5.41) is 6.86. The van der Waals surface area contributed by atoms with E-state index in [0.29, 0.717) is 26.4 Å². The van der Waals surface area contributed by atoms with Gasteiger partial charge in [0.05, 0.1) is 45.8 Å². The Morgan fingerprint density at radius 3 is 2.70 bits per heavy atom. The highest BCUT2D eigenvalue weighted by molar-refractivity contribution is 5.79. The molecule has 0 amide bonds. The fourth-order valence-electron chi connectivity index (χ4n) is 3.93. The fraction of sp³-hybridized carbons (Fsp3) is 0.762. The van der Waals surface area contributed by atoms with Crippen molar-refractivity contribution in [2.24, 2.45) is 4.99 Å². The lowest BCUT2D eigenvalue weighted by Crippen LogP contribution is -2.45. The highest BCUT2D eigenvalue weighted by Gasteiger charge is 2.42. The molecule has 3 fully saturated rings. The minimum absolute atomic E-state index is 0.0222. The minimum Gasteiger partial charge on any atom is -0.469 e. The van der Waals surface area contributed by atoms with E-state index in [9.17, 15) is 0 Å². The fourth-order valence-corrected chi connectivity index (χ4v) is 3.93. The summed E-state index contributed by atoms with van der Waals surface area (Å²) in [6, 6.07) is 3.90. The van der Waals surface area contributed by atoms with Gasteiger partial charge >= 0.3 is 0 Å². The number of morpholine rings is 1. The van der Waals surface area contributed by atoms with Gasteiger partial charge in [-0.05, 0) is 12.1 Å². The second-order valence-electron chi connectivity index (χ2n) is 7.90. The van der Waals surface area contributed by atoms with Gasteiger partial charge in [-0.2, -0.15) is 0 Å². The van der Waals surface area contributed by atoms with Crippen LogP contribution in [-0.2, 0) is 25.4 Å². The first-order valence-corrected chi connectivity index (χ1v) is 11.1. The molecule has 3 saturated heterocycles. The van der Waals surface area contributed by atoms with Crippen molar-refractivity contribution < 1.29 is 23.4 Å². The Labute approximate surface area is 178 Å². The summed E-state index contributed by atoms with van der Waals surface area (Å²) in [4.78, 5) is 7.17. The monoisotopic (exact) mass is 422 g/mol. The molecule has 3 aliphatic heterocycles. The van der Waals surface area contributed by atoms with Crippen molar-refractivity contribution in [3.63, 3.8) is 0 Å². The minimum atomic E-state index is -0.463. The van der Waals surface area contributed by atoms with Crippen LogP contribution in [0, 0.1) is 0 Å². The standard InChI is InChI=1S/C21H34N4O5/c1-2-18(28-11-1)3-6-22-20(23-7-8-25-9-14-27-15-10-25)24-16-19-17-29-21(30-19)4-12-26-13-5-21/h1-2,11,19H,3-10,12-17H2,(H2,22,23,24). The zero-order chi connectivity index (χ0) is 20.5. The Hall–Kier alpha value is -1.65. The largest absolute Gasteiger partial charge is 0.469 e. The first kappa shape index (κ1) is 21.6. The van der Waals surface area contributed by atoms with Crippen LogP contribution in [0.1, 0.15) is 18.6 Å². The molecule has 9 nitrogen and oxygen atoms in total. The van der Waals surface area contributed by atoms with Crippen molar-refractivity contribution in [2.45, 2.75) is 31.2 Å². The van der Waals surface area contributed by atoms with E-state index in [2.05, 4.69) is 15.5 Å². The van der Waals surface area contributed by atoms with Crippen molar-refractivity contribution in [2.75, 3.05) is 72.3 Å². The van der Waals surface area contributed by atoms with Crippen LogP contribution >= 0.6 is 0 Å². The Kier molecular flexibility index (Phi) is 7.99. The molecule has 1 spiro atoms. The van der Waals surface area contributed by atoms with Gasteiger partial charge in [-0.15, -0.1) is 0 Å². The van der Waals surface area contributed by atoms with Gasteiger partial charge in [0.25, 0.3) is 0 Å². The average molecular weight is 423 g/mol. The molecule has 0 bridgehead atoms. The Balaban J connectivity index is 1.25. The van der Waals surface area contributed by atoms with Gasteiger partial charge < -0.3 is 34.0 Å². The first-order chi connectivity index (χ1) is 14.8. The maximum atomic E-state index is 6.20. The Morgan fingerprint density at radius 1 is 1.10 bits per heavy atom. The molecule has 0 saturated carbocycles. The van der Waals surface area contributed by atoms with E-state index >= 15 is 0 Å². The van der Waals surface area contributed by atoms with Crippen LogP contribution in [0.2, 0.25) is 0 Å². The van der Waals surface area contributed by atoms with Crippen molar-refractivity contribution in [1.29, 1.82) is 0 Å². The maximum absolute atomic E-state index is 6.20. The van der Waals surface area contributed by atoms with E-state index in [4.69, 9.17) is 28.4 Å². The summed E-state index contributed by atoms with van der Waals surface area (Å²) >= 11 is 0. The summed E-state index contributed by atoms with van der Waals surface area (Å²) < 4.78 is 28.4. The van der Waals surface area contributed by atoms with Gasteiger partial charge in [-0.3, -0.25) is 9.89 Å². The highest BCUT2D eigenvalue weighted by Crippen LogP contribution is 2.33. The number of furan rings is 1. The molecule has 30 heavy (non-hydrogen) atoms. The highest BCUT2D eigenvalue weighted by atomic mass is 16.7. The van der Waals surface area contributed by atoms with Crippen LogP contribution in [0.15, 0.2) is 27.8 Å². The van der Waals surface area contributed by atoms with Crippen molar-refractivity contribution in [1.82, 2.24) is 15.5 Å². The predicted molar refractivity (Wildman–Crippen MR) is 112 cm³/mol. The maximum Gasteiger partial charge on any atom is 0.191 e. The molecule has 1 unspecified atom stereocenters. The number of ether oxygens (including phenoxy) is 4. The second-order valence-corrected chi connectivity index (χ2v) is 7.90. The van der Waals surface area contributed by atoms with Gasteiger partial charge in [-0.1, -0.05) is 0 Å². The molecule has 4 heterocycles. The van der Waals surface area contributed by atoms with E-state index in [1.165, 1.54) is 0 Å². The van der Waals surface area contributed by atoms with Crippen LogP contribution < -0.4 is 10.6 Å². The van der Waals surface area contributed by atoms with Gasteiger partial charge in [0.1, 0.15) is 11.9 Å². The number of aliphatic imine (C=N–C) groups is 1. The third kappa shape index (κ3) is 6.42. The van der Waals surface area contributed by atoms with Gasteiger partial charge in [0.2, 0.25) is 0 Å². The smallest absolute Gasteiger partial charge is 0.191 e. The Bertz CT molecular complexity index is 642. The van der Waals surface area contributed by atoms with Crippen LogP contribution in [0.25, 0.3) is 0 Å². The molecule has 0 radical (unpaired) electrons. The summed E-state index contributed by atoms with van der Waals surface area (Å²) in [6.45, 7) is 8.68. The predicted octanol–water partition coefficient (Wildman–Crippen LogP) is 0.612. The molecule has 1 aromatic rings. The average Bonchev–Trinajstić information content (AvgIpc) is 3.43. The number of nitrogens with one attached hydrogen (secondary N) is 2. The molecule has 1 atom stereocenters. The molecule has 4 rings (SSSR count). The number of guanidine groups is 1. The molecular formula is C21H34N4O5.